The second-order valence-electron chi connectivity index (χ2n) is 9.71. The maximum atomic E-state index is 11.9. The number of carboxylic acids is 1. The van der Waals surface area contributed by atoms with Gasteiger partial charge in [0.2, 0.25) is 0 Å². The quantitative estimate of drug-likeness (QED) is 0.744. The molecule has 1 unspecified atom stereocenters. The van der Waals surface area contributed by atoms with Crippen molar-refractivity contribution in [3.05, 3.63) is 17.2 Å². The Morgan fingerprint density at radius 2 is 1.62 bits per heavy atom. The van der Waals surface area contributed by atoms with Crippen molar-refractivity contribution < 1.29 is 15.0 Å². The number of nitrogens with zero attached hydrogens (tertiary/aromatic N) is 1. The standard InChI is InChI=1S/C21H30N2O3/c24-18(21-9-12-6-13(10-21)8-14(7-12)11-21)16-17(20(25)26)23-19(22-16)15-4-2-1-3-5-15/h12-15,18,24H,1-11H2,(H,22,23)(H,25,26). The molecule has 3 N–H and O–H groups in total. The second kappa shape index (κ2) is 6.08. The van der Waals surface area contributed by atoms with E-state index in [2.05, 4.69) is 9.97 Å². The fraction of sp³-hybridized carbons (Fsp3) is 0.810. The summed E-state index contributed by atoms with van der Waals surface area (Å²) in [5, 5.41) is 21.1. The third-order valence-corrected chi connectivity index (χ3v) is 7.88. The summed E-state index contributed by atoms with van der Waals surface area (Å²) in [7, 11) is 0. The Balaban J connectivity index is 1.48. The number of hydrogen-bond acceptors (Lipinski definition) is 3. The van der Waals surface area contributed by atoms with Crippen LogP contribution in [0.2, 0.25) is 0 Å². The third kappa shape index (κ3) is 2.62. The lowest BCUT2D eigenvalue weighted by Gasteiger charge is -2.58. The van der Waals surface area contributed by atoms with Gasteiger partial charge in [-0.25, -0.2) is 9.78 Å². The van der Waals surface area contributed by atoms with Crippen molar-refractivity contribution in [3.63, 3.8) is 0 Å². The van der Waals surface area contributed by atoms with Crippen molar-refractivity contribution in [2.24, 2.45) is 23.2 Å². The van der Waals surface area contributed by atoms with Gasteiger partial charge in [-0.05, 0) is 69.1 Å². The Labute approximate surface area is 154 Å². The number of carbonyl (C=O) groups is 1. The average Bonchev–Trinajstić information content (AvgIpc) is 3.06. The number of rotatable bonds is 4. The molecule has 1 heterocycles. The van der Waals surface area contributed by atoms with E-state index < -0.39 is 12.1 Å². The van der Waals surface area contributed by atoms with Crippen molar-refractivity contribution in [3.8, 4) is 0 Å². The molecule has 5 saturated carbocycles. The Morgan fingerprint density at radius 3 is 2.15 bits per heavy atom. The van der Waals surface area contributed by atoms with Crippen molar-refractivity contribution in [1.82, 2.24) is 9.97 Å². The fourth-order valence-corrected chi connectivity index (χ4v) is 7.15. The van der Waals surface area contributed by atoms with E-state index in [-0.39, 0.29) is 11.1 Å². The number of imidazole rings is 1. The normalized spacial score (nSPS) is 37.8. The van der Waals surface area contributed by atoms with Gasteiger partial charge in [-0.3, -0.25) is 0 Å². The lowest BCUT2D eigenvalue weighted by Crippen LogP contribution is -2.49. The van der Waals surface area contributed by atoms with Gasteiger partial charge >= 0.3 is 5.97 Å². The number of aromatic nitrogens is 2. The molecule has 6 rings (SSSR count). The van der Waals surface area contributed by atoms with Crippen LogP contribution >= 0.6 is 0 Å². The van der Waals surface area contributed by atoms with Crippen LogP contribution in [-0.2, 0) is 0 Å². The lowest BCUT2D eigenvalue weighted by atomic mass is 9.48. The molecule has 0 aromatic carbocycles. The molecule has 1 atom stereocenters. The predicted octanol–water partition coefficient (Wildman–Crippen LogP) is 4.41. The van der Waals surface area contributed by atoms with E-state index in [1.165, 1.54) is 38.5 Å². The summed E-state index contributed by atoms with van der Waals surface area (Å²) < 4.78 is 0. The largest absolute Gasteiger partial charge is 0.476 e. The molecule has 0 aliphatic heterocycles. The van der Waals surface area contributed by atoms with E-state index in [1.807, 2.05) is 0 Å². The first-order chi connectivity index (χ1) is 12.5. The molecule has 5 aliphatic rings. The predicted molar refractivity (Wildman–Crippen MR) is 96.9 cm³/mol. The van der Waals surface area contributed by atoms with Crippen LogP contribution in [0.3, 0.4) is 0 Å². The van der Waals surface area contributed by atoms with Crippen LogP contribution in [0.1, 0.15) is 105 Å². The van der Waals surface area contributed by atoms with E-state index >= 15 is 0 Å². The van der Waals surface area contributed by atoms with Crippen LogP contribution < -0.4 is 0 Å². The molecule has 0 spiro atoms. The Hall–Kier alpha value is -1.36. The lowest BCUT2D eigenvalue weighted by molar-refractivity contribution is -0.123. The maximum Gasteiger partial charge on any atom is 0.356 e. The number of hydrogen-bond donors (Lipinski definition) is 3. The Morgan fingerprint density at radius 1 is 1.04 bits per heavy atom. The molecule has 1 aromatic heterocycles. The zero-order valence-electron chi connectivity index (χ0n) is 15.4. The molecule has 4 bridgehead atoms. The summed E-state index contributed by atoms with van der Waals surface area (Å²) in [4.78, 5) is 19.6. The zero-order chi connectivity index (χ0) is 17.9. The molecular formula is C21H30N2O3. The van der Waals surface area contributed by atoms with Crippen LogP contribution in [0.15, 0.2) is 0 Å². The molecule has 1 aromatic rings. The molecule has 0 saturated heterocycles. The third-order valence-electron chi connectivity index (χ3n) is 7.88. The highest BCUT2D eigenvalue weighted by molar-refractivity contribution is 5.87. The molecule has 0 amide bonds. The van der Waals surface area contributed by atoms with Gasteiger partial charge in [-0.2, -0.15) is 0 Å². The monoisotopic (exact) mass is 358 g/mol. The van der Waals surface area contributed by atoms with E-state index in [1.54, 1.807) is 0 Å². The molecule has 0 radical (unpaired) electrons. The van der Waals surface area contributed by atoms with E-state index in [0.29, 0.717) is 11.6 Å². The molecular weight excluding hydrogens is 328 g/mol. The number of aliphatic hydroxyl groups excluding tert-OH is 1. The summed E-state index contributed by atoms with van der Waals surface area (Å²) in [6, 6.07) is 0. The number of H-pyrrole nitrogens is 1. The minimum Gasteiger partial charge on any atom is -0.476 e. The van der Waals surface area contributed by atoms with Crippen molar-refractivity contribution in [2.45, 2.75) is 82.7 Å². The Kier molecular flexibility index (Phi) is 3.93. The number of nitrogens with one attached hydrogen (secondary N) is 1. The number of aromatic carboxylic acids is 1. The number of aliphatic hydroxyl groups is 1. The molecule has 5 fully saturated rings. The highest BCUT2D eigenvalue weighted by Gasteiger charge is 2.55. The van der Waals surface area contributed by atoms with Gasteiger partial charge in [-0.1, -0.05) is 19.3 Å². The molecule has 142 valence electrons. The first-order valence-corrected chi connectivity index (χ1v) is 10.6. The smallest absolute Gasteiger partial charge is 0.356 e. The van der Waals surface area contributed by atoms with Gasteiger partial charge in [0.05, 0.1) is 5.69 Å². The minimum absolute atomic E-state index is 0.0637. The topological polar surface area (TPSA) is 86.2 Å². The second-order valence-corrected chi connectivity index (χ2v) is 9.71. The number of carboxylic acid groups (broad SMARTS) is 1. The molecule has 5 aliphatic carbocycles. The van der Waals surface area contributed by atoms with Crippen molar-refractivity contribution >= 4 is 5.97 Å². The summed E-state index contributed by atoms with van der Waals surface area (Å²) >= 11 is 0. The van der Waals surface area contributed by atoms with Crippen molar-refractivity contribution in [2.75, 3.05) is 0 Å². The van der Waals surface area contributed by atoms with Gasteiger partial charge in [0.15, 0.2) is 5.69 Å². The molecule has 5 nitrogen and oxygen atoms in total. The Bertz CT molecular complexity index is 669. The van der Waals surface area contributed by atoms with Gasteiger partial charge in [0.1, 0.15) is 11.9 Å². The van der Waals surface area contributed by atoms with Gasteiger partial charge in [0.25, 0.3) is 0 Å². The van der Waals surface area contributed by atoms with Gasteiger partial charge in [0, 0.05) is 11.3 Å². The van der Waals surface area contributed by atoms with Gasteiger partial charge < -0.3 is 15.2 Å². The highest BCUT2D eigenvalue weighted by Crippen LogP contribution is 2.64. The number of aromatic amines is 1. The van der Waals surface area contributed by atoms with Crippen LogP contribution in [0.4, 0.5) is 0 Å². The summed E-state index contributed by atoms with van der Waals surface area (Å²) in [5.41, 5.74) is 0.420. The highest BCUT2D eigenvalue weighted by atomic mass is 16.4. The van der Waals surface area contributed by atoms with E-state index in [4.69, 9.17) is 0 Å². The van der Waals surface area contributed by atoms with E-state index in [9.17, 15) is 15.0 Å². The summed E-state index contributed by atoms with van der Waals surface area (Å²) in [6.45, 7) is 0. The van der Waals surface area contributed by atoms with Crippen LogP contribution in [0.5, 0.6) is 0 Å². The van der Waals surface area contributed by atoms with Crippen LogP contribution in [0, 0.1) is 23.2 Å². The summed E-state index contributed by atoms with van der Waals surface area (Å²) in [5.74, 6) is 2.28. The fourth-order valence-electron chi connectivity index (χ4n) is 7.15. The minimum atomic E-state index is -1.01. The zero-order valence-corrected chi connectivity index (χ0v) is 15.4. The SMILES string of the molecule is O=C(O)c1nc(C2CCCCC2)[nH]c1C(O)C12CC3CC(CC(C3)C1)C2. The van der Waals surface area contributed by atoms with Crippen LogP contribution in [0.25, 0.3) is 0 Å². The average molecular weight is 358 g/mol. The molecule has 26 heavy (non-hydrogen) atoms. The van der Waals surface area contributed by atoms with Gasteiger partial charge in [-0.15, -0.1) is 0 Å². The first-order valence-electron chi connectivity index (χ1n) is 10.6. The summed E-state index contributed by atoms with van der Waals surface area (Å²) in [6.07, 6.45) is 12.1. The van der Waals surface area contributed by atoms with Crippen LogP contribution in [-0.4, -0.2) is 26.2 Å². The maximum absolute atomic E-state index is 11.9. The molecule has 5 heteroatoms. The van der Waals surface area contributed by atoms with Crippen molar-refractivity contribution in [1.29, 1.82) is 0 Å². The first kappa shape index (κ1) is 16.8. The van der Waals surface area contributed by atoms with E-state index in [0.717, 1.165) is 55.7 Å².